The highest BCUT2D eigenvalue weighted by Crippen LogP contribution is 2.29. The van der Waals surface area contributed by atoms with E-state index >= 15 is 0 Å². The Morgan fingerprint density at radius 1 is 1.50 bits per heavy atom. The molecule has 1 aliphatic heterocycles. The van der Waals surface area contributed by atoms with E-state index in [4.69, 9.17) is 16.3 Å². The van der Waals surface area contributed by atoms with Gasteiger partial charge in [-0.25, -0.2) is 0 Å². The van der Waals surface area contributed by atoms with Crippen molar-refractivity contribution in [1.29, 1.82) is 0 Å². The molecule has 110 valence electrons. The molecule has 2 aliphatic rings. The molecule has 1 aromatic rings. The van der Waals surface area contributed by atoms with E-state index in [1.54, 1.807) is 0 Å². The van der Waals surface area contributed by atoms with Crippen molar-refractivity contribution in [2.75, 3.05) is 19.7 Å². The molecule has 1 aromatic heterocycles. The fraction of sp³-hybridized carbons (Fsp3) is 0.643. The predicted octanol–water partition coefficient (Wildman–Crippen LogP) is 2.27. The number of fused-ring (bicyclic) bond motifs is 1. The molecule has 0 radical (unpaired) electrons. The van der Waals surface area contributed by atoms with Gasteiger partial charge in [0.15, 0.2) is 0 Å². The molecule has 6 heteroatoms. The van der Waals surface area contributed by atoms with E-state index in [1.807, 2.05) is 12.1 Å². The molecule has 0 spiro atoms. The molecule has 2 fully saturated rings. The van der Waals surface area contributed by atoms with Gasteiger partial charge in [0, 0.05) is 17.5 Å². The van der Waals surface area contributed by atoms with Crippen LogP contribution in [0.2, 0.25) is 4.34 Å². The quantitative estimate of drug-likeness (QED) is 0.927. The topological polar surface area (TPSA) is 41.6 Å². The van der Waals surface area contributed by atoms with Crippen LogP contribution in [-0.4, -0.2) is 42.6 Å². The predicted molar refractivity (Wildman–Crippen MR) is 80.1 cm³/mol. The number of hydrogen-bond acceptors (Lipinski definition) is 4. The molecular weight excluding hydrogens is 296 g/mol. The number of morpholine rings is 1. The third kappa shape index (κ3) is 3.34. The lowest BCUT2D eigenvalue weighted by molar-refractivity contribution is -0.126. The molecule has 1 saturated heterocycles. The first-order valence-electron chi connectivity index (χ1n) is 7.09. The smallest absolute Gasteiger partial charge is 0.234 e. The summed E-state index contributed by atoms with van der Waals surface area (Å²) in [6.07, 6.45) is 3.84. The summed E-state index contributed by atoms with van der Waals surface area (Å²) in [6.45, 7) is 2.65. The van der Waals surface area contributed by atoms with Gasteiger partial charge >= 0.3 is 0 Å². The molecule has 1 N–H and O–H groups in total. The van der Waals surface area contributed by atoms with Crippen molar-refractivity contribution in [3.8, 4) is 0 Å². The fourth-order valence-corrected chi connectivity index (χ4v) is 4.10. The van der Waals surface area contributed by atoms with E-state index in [2.05, 4.69) is 10.2 Å². The van der Waals surface area contributed by atoms with Crippen LogP contribution in [0.25, 0.3) is 0 Å². The molecular formula is C14H19ClN2O2S. The highest BCUT2D eigenvalue weighted by atomic mass is 35.5. The Morgan fingerprint density at radius 2 is 2.40 bits per heavy atom. The van der Waals surface area contributed by atoms with Gasteiger partial charge in [0.05, 0.1) is 30.1 Å². The normalized spacial score (nSPS) is 26.4. The molecule has 0 unspecified atom stereocenters. The van der Waals surface area contributed by atoms with Crippen LogP contribution >= 0.6 is 22.9 Å². The number of nitrogens with one attached hydrogen (secondary N) is 1. The van der Waals surface area contributed by atoms with Crippen molar-refractivity contribution < 1.29 is 9.53 Å². The van der Waals surface area contributed by atoms with Crippen LogP contribution < -0.4 is 5.32 Å². The van der Waals surface area contributed by atoms with E-state index < -0.39 is 0 Å². The minimum absolute atomic E-state index is 0.0853. The van der Waals surface area contributed by atoms with Crippen LogP contribution in [0.15, 0.2) is 12.1 Å². The summed E-state index contributed by atoms with van der Waals surface area (Å²) < 4.78 is 6.52. The monoisotopic (exact) mass is 314 g/mol. The van der Waals surface area contributed by atoms with Crippen molar-refractivity contribution in [3.63, 3.8) is 0 Å². The molecule has 2 heterocycles. The second-order valence-electron chi connectivity index (χ2n) is 5.36. The van der Waals surface area contributed by atoms with Gasteiger partial charge < -0.3 is 10.1 Å². The third-order valence-electron chi connectivity index (χ3n) is 4.03. The largest absolute Gasteiger partial charge is 0.375 e. The number of nitrogens with zero attached hydrogens (tertiary/aromatic N) is 1. The van der Waals surface area contributed by atoms with Crippen LogP contribution in [0.4, 0.5) is 0 Å². The zero-order valence-corrected chi connectivity index (χ0v) is 12.9. The van der Waals surface area contributed by atoms with E-state index in [0.717, 1.165) is 35.2 Å². The van der Waals surface area contributed by atoms with Gasteiger partial charge in [0.2, 0.25) is 5.91 Å². The number of carbonyl (C=O) groups is 1. The lowest BCUT2D eigenvalue weighted by Crippen LogP contribution is -2.51. The maximum absolute atomic E-state index is 12.1. The van der Waals surface area contributed by atoms with Crippen molar-refractivity contribution in [2.45, 2.75) is 38.0 Å². The standard InChI is InChI=1S/C14H19ClN2O2S/c15-13-5-4-10(20-13)8-16-14(18)9-17-6-7-19-12-3-1-2-11(12)17/h4-5,11-12H,1-3,6-9H2,(H,16,18)/t11-,12+/m1/s1. The van der Waals surface area contributed by atoms with Crippen LogP contribution in [0.1, 0.15) is 24.1 Å². The number of ether oxygens (including phenoxy) is 1. The summed E-state index contributed by atoms with van der Waals surface area (Å²) >= 11 is 7.38. The summed E-state index contributed by atoms with van der Waals surface area (Å²) in [5, 5.41) is 2.97. The minimum Gasteiger partial charge on any atom is -0.375 e. The number of halogens is 1. The van der Waals surface area contributed by atoms with Gasteiger partial charge in [-0.3, -0.25) is 9.69 Å². The first-order valence-corrected chi connectivity index (χ1v) is 8.28. The van der Waals surface area contributed by atoms with Crippen LogP contribution in [-0.2, 0) is 16.1 Å². The summed E-state index contributed by atoms with van der Waals surface area (Å²) in [6, 6.07) is 4.25. The average Bonchev–Trinajstić information content (AvgIpc) is 3.05. The molecule has 1 aliphatic carbocycles. The Balaban J connectivity index is 1.48. The molecule has 20 heavy (non-hydrogen) atoms. The number of hydrogen-bond donors (Lipinski definition) is 1. The van der Waals surface area contributed by atoms with Crippen LogP contribution in [0.3, 0.4) is 0 Å². The maximum Gasteiger partial charge on any atom is 0.234 e. The zero-order valence-electron chi connectivity index (χ0n) is 11.3. The van der Waals surface area contributed by atoms with E-state index in [-0.39, 0.29) is 5.91 Å². The average molecular weight is 315 g/mol. The van der Waals surface area contributed by atoms with Gasteiger partial charge in [-0.2, -0.15) is 0 Å². The summed E-state index contributed by atoms with van der Waals surface area (Å²) in [5.41, 5.74) is 0. The molecule has 3 rings (SSSR count). The Kier molecular flexibility index (Phi) is 4.61. The third-order valence-corrected chi connectivity index (χ3v) is 5.26. The molecule has 2 atom stereocenters. The summed E-state index contributed by atoms with van der Waals surface area (Å²) in [7, 11) is 0. The van der Waals surface area contributed by atoms with Crippen molar-refractivity contribution in [3.05, 3.63) is 21.3 Å². The Hall–Kier alpha value is -0.620. The first kappa shape index (κ1) is 14.3. The summed E-state index contributed by atoms with van der Waals surface area (Å²) in [5.74, 6) is 0.0853. The van der Waals surface area contributed by atoms with Gasteiger partial charge in [-0.15, -0.1) is 11.3 Å². The first-order chi connectivity index (χ1) is 9.72. The lowest BCUT2D eigenvalue weighted by atomic mass is 10.1. The van der Waals surface area contributed by atoms with Crippen LogP contribution in [0, 0.1) is 0 Å². The van der Waals surface area contributed by atoms with Gasteiger partial charge in [0.25, 0.3) is 0 Å². The van der Waals surface area contributed by atoms with Gasteiger partial charge in [0.1, 0.15) is 0 Å². The molecule has 1 saturated carbocycles. The Labute approximate surface area is 128 Å². The summed E-state index contributed by atoms with van der Waals surface area (Å²) in [4.78, 5) is 15.4. The molecule has 1 amide bonds. The van der Waals surface area contributed by atoms with Gasteiger partial charge in [-0.1, -0.05) is 11.6 Å². The molecule has 4 nitrogen and oxygen atoms in total. The van der Waals surface area contributed by atoms with Crippen molar-refractivity contribution >= 4 is 28.8 Å². The van der Waals surface area contributed by atoms with Gasteiger partial charge in [-0.05, 0) is 31.4 Å². The van der Waals surface area contributed by atoms with Crippen molar-refractivity contribution in [2.24, 2.45) is 0 Å². The highest BCUT2D eigenvalue weighted by Gasteiger charge is 2.36. The highest BCUT2D eigenvalue weighted by molar-refractivity contribution is 7.16. The van der Waals surface area contributed by atoms with Crippen LogP contribution in [0.5, 0.6) is 0 Å². The number of rotatable bonds is 4. The number of amides is 1. The van der Waals surface area contributed by atoms with Crippen molar-refractivity contribution in [1.82, 2.24) is 10.2 Å². The number of carbonyl (C=O) groups excluding carboxylic acids is 1. The molecule has 0 bridgehead atoms. The van der Waals surface area contributed by atoms with E-state index in [9.17, 15) is 4.79 Å². The molecule has 0 aromatic carbocycles. The lowest BCUT2D eigenvalue weighted by Gasteiger charge is -2.37. The number of thiophene rings is 1. The van der Waals surface area contributed by atoms with E-state index in [1.165, 1.54) is 17.8 Å². The second kappa shape index (κ2) is 6.43. The SMILES string of the molecule is O=C(CN1CCO[C@H]2CCC[C@H]21)NCc1ccc(Cl)s1. The maximum atomic E-state index is 12.1. The zero-order chi connectivity index (χ0) is 13.9. The van der Waals surface area contributed by atoms with E-state index in [0.29, 0.717) is 25.2 Å². The Bertz CT molecular complexity index is 479. The Morgan fingerprint density at radius 3 is 3.20 bits per heavy atom. The second-order valence-corrected chi connectivity index (χ2v) is 7.16. The fourth-order valence-electron chi connectivity index (χ4n) is 3.07. The minimum atomic E-state index is 0.0853.